The highest BCUT2D eigenvalue weighted by Crippen LogP contribution is 2.40. The molecule has 44 heavy (non-hydrogen) atoms. The topological polar surface area (TPSA) is 89.2 Å². The van der Waals surface area contributed by atoms with E-state index in [0.29, 0.717) is 53.5 Å². The van der Waals surface area contributed by atoms with Crippen molar-refractivity contribution in [3.05, 3.63) is 111 Å². The van der Waals surface area contributed by atoms with Crippen LogP contribution in [0.2, 0.25) is 10.0 Å². The fraction of sp³-hybridized carbons (Fsp3) is 0.229. The van der Waals surface area contributed by atoms with Gasteiger partial charge >= 0.3 is 0 Å². The lowest BCUT2D eigenvalue weighted by Crippen LogP contribution is -2.16. The number of hydrogen-bond acceptors (Lipinski definition) is 7. The zero-order valence-electron chi connectivity index (χ0n) is 24.5. The quantitative estimate of drug-likeness (QED) is 0.0909. The van der Waals surface area contributed by atoms with Crippen molar-refractivity contribution < 1.29 is 28.5 Å². The fourth-order valence-electron chi connectivity index (χ4n) is 5.25. The lowest BCUT2D eigenvalue weighted by molar-refractivity contribution is -0.123. The standard InChI is InChI=1S/C35H33Cl2NO6/c1-22-13-31(36)35(32(37)14-22)42-12-11-41-28-6-3-24(4-7-28)16-27(19-38)29-8-5-25(15-23(29)2)30-18-34-33(43-21-44-34)17-26(30)9-10-40-20-39/h3-10,13-15,17-18,20,27H,11-12,16,19,21,38H2,1-2H3. The Morgan fingerprint density at radius 1 is 0.909 bits per heavy atom. The molecule has 228 valence electrons. The summed E-state index contributed by atoms with van der Waals surface area (Å²) in [6.07, 6.45) is 3.86. The van der Waals surface area contributed by atoms with Crippen LogP contribution in [-0.2, 0) is 16.0 Å². The van der Waals surface area contributed by atoms with Gasteiger partial charge < -0.3 is 29.4 Å². The number of nitrogens with two attached hydrogens (primary N) is 1. The smallest absolute Gasteiger partial charge is 0.297 e. The van der Waals surface area contributed by atoms with Gasteiger partial charge in [-0.1, -0.05) is 53.5 Å². The Labute approximate surface area is 267 Å². The van der Waals surface area contributed by atoms with Crippen LogP contribution in [0.5, 0.6) is 23.0 Å². The molecule has 1 atom stereocenters. The van der Waals surface area contributed by atoms with Gasteiger partial charge in [0.15, 0.2) is 17.2 Å². The van der Waals surface area contributed by atoms with Crippen molar-refractivity contribution in [2.75, 3.05) is 26.6 Å². The highest BCUT2D eigenvalue weighted by atomic mass is 35.5. The van der Waals surface area contributed by atoms with Crippen LogP contribution < -0.4 is 24.7 Å². The molecule has 0 spiro atoms. The minimum Gasteiger partial charge on any atom is -0.490 e. The molecule has 1 heterocycles. The molecule has 2 N–H and O–H groups in total. The molecule has 4 aromatic rings. The number of halogens is 2. The van der Waals surface area contributed by atoms with Crippen molar-refractivity contribution in [3.8, 4) is 34.1 Å². The molecule has 9 heteroatoms. The average Bonchev–Trinajstić information content (AvgIpc) is 3.47. The van der Waals surface area contributed by atoms with Crippen molar-refractivity contribution >= 4 is 35.8 Å². The first-order valence-electron chi connectivity index (χ1n) is 14.2. The summed E-state index contributed by atoms with van der Waals surface area (Å²) < 4.78 is 27.5. The molecule has 0 aromatic heterocycles. The predicted octanol–water partition coefficient (Wildman–Crippen LogP) is 7.89. The van der Waals surface area contributed by atoms with Crippen molar-refractivity contribution in [2.45, 2.75) is 26.2 Å². The van der Waals surface area contributed by atoms with Crippen LogP contribution in [0.3, 0.4) is 0 Å². The monoisotopic (exact) mass is 633 g/mol. The lowest BCUT2D eigenvalue weighted by atomic mass is 9.87. The maximum absolute atomic E-state index is 10.6. The summed E-state index contributed by atoms with van der Waals surface area (Å²) in [5, 5.41) is 0.962. The van der Waals surface area contributed by atoms with Crippen LogP contribution in [0.25, 0.3) is 17.2 Å². The number of aryl methyl sites for hydroxylation is 2. The van der Waals surface area contributed by atoms with E-state index in [1.807, 2.05) is 43.3 Å². The maximum atomic E-state index is 10.6. The van der Waals surface area contributed by atoms with E-state index in [2.05, 4.69) is 37.3 Å². The molecule has 5 rings (SSSR count). The van der Waals surface area contributed by atoms with Gasteiger partial charge in [0.25, 0.3) is 6.47 Å². The Bertz CT molecular complexity index is 1630. The molecule has 0 saturated heterocycles. The lowest BCUT2D eigenvalue weighted by Gasteiger charge is -2.19. The van der Waals surface area contributed by atoms with E-state index in [9.17, 15) is 4.79 Å². The zero-order valence-corrected chi connectivity index (χ0v) is 26.0. The average molecular weight is 635 g/mol. The molecule has 0 amide bonds. The molecule has 4 aromatic carbocycles. The third kappa shape index (κ3) is 7.48. The molecular weight excluding hydrogens is 601 g/mol. The molecule has 1 aliphatic heterocycles. The number of fused-ring (bicyclic) bond motifs is 1. The third-order valence-corrected chi connectivity index (χ3v) is 7.94. The molecule has 7 nitrogen and oxygen atoms in total. The largest absolute Gasteiger partial charge is 0.490 e. The van der Waals surface area contributed by atoms with Gasteiger partial charge in [-0.3, -0.25) is 4.79 Å². The number of rotatable bonds is 13. The second-order valence-corrected chi connectivity index (χ2v) is 11.2. The molecule has 0 fully saturated rings. The number of carbonyl (C=O) groups excluding carboxylic acids is 1. The minimum atomic E-state index is 0.130. The molecule has 1 unspecified atom stereocenters. The number of benzene rings is 4. The Morgan fingerprint density at radius 3 is 2.30 bits per heavy atom. The van der Waals surface area contributed by atoms with E-state index in [0.717, 1.165) is 45.6 Å². The van der Waals surface area contributed by atoms with E-state index >= 15 is 0 Å². The summed E-state index contributed by atoms with van der Waals surface area (Å²) in [5.74, 6) is 2.67. The summed E-state index contributed by atoms with van der Waals surface area (Å²) in [6.45, 7) is 5.73. The van der Waals surface area contributed by atoms with Gasteiger partial charge in [0.2, 0.25) is 6.79 Å². The van der Waals surface area contributed by atoms with Gasteiger partial charge in [-0.15, -0.1) is 0 Å². The van der Waals surface area contributed by atoms with E-state index < -0.39 is 0 Å². The van der Waals surface area contributed by atoms with E-state index in [4.69, 9.17) is 52.6 Å². The van der Waals surface area contributed by atoms with Crippen molar-refractivity contribution in [3.63, 3.8) is 0 Å². The predicted molar refractivity (Wildman–Crippen MR) is 173 cm³/mol. The van der Waals surface area contributed by atoms with Gasteiger partial charge in [-0.25, -0.2) is 0 Å². The highest BCUT2D eigenvalue weighted by molar-refractivity contribution is 6.37. The first-order chi connectivity index (χ1) is 21.4. The second kappa shape index (κ2) is 14.5. The van der Waals surface area contributed by atoms with Gasteiger partial charge in [0.05, 0.1) is 16.3 Å². The minimum absolute atomic E-state index is 0.130. The van der Waals surface area contributed by atoms with Crippen LogP contribution in [0.4, 0.5) is 0 Å². The summed E-state index contributed by atoms with van der Waals surface area (Å²) >= 11 is 12.5. The molecule has 0 radical (unpaired) electrons. The number of hydrogen-bond donors (Lipinski definition) is 1. The molecule has 0 saturated carbocycles. The zero-order chi connectivity index (χ0) is 31.1. The van der Waals surface area contributed by atoms with Gasteiger partial charge in [-0.05, 0) is 108 Å². The van der Waals surface area contributed by atoms with Crippen LogP contribution >= 0.6 is 23.2 Å². The fourth-order valence-corrected chi connectivity index (χ4v) is 5.95. The summed E-state index contributed by atoms with van der Waals surface area (Å²) in [7, 11) is 0. The summed E-state index contributed by atoms with van der Waals surface area (Å²) in [5.41, 5.74) is 13.5. The van der Waals surface area contributed by atoms with E-state index in [1.54, 1.807) is 6.08 Å². The summed E-state index contributed by atoms with van der Waals surface area (Å²) in [4.78, 5) is 10.6. The molecule has 0 aliphatic carbocycles. The molecule has 1 aliphatic rings. The molecular formula is C35H33Cl2NO6. The maximum Gasteiger partial charge on any atom is 0.297 e. The van der Waals surface area contributed by atoms with E-state index in [1.165, 1.54) is 11.8 Å². The Morgan fingerprint density at radius 2 is 1.61 bits per heavy atom. The third-order valence-electron chi connectivity index (χ3n) is 7.38. The highest BCUT2D eigenvalue weighted by Gasteiger charge is 2.19. The van der Waals surface area contributed by atoms with Crippen molar-refractivity contribution in [1.29, 1.82) is 0 Å². The first kappa shape index (κ1) is 31.3. The summed E-state index contributed by atoms with van der Waals surface area (Å²) in [6, 6.07) is 21.8. The van der Waals surface area contributed by atoms with Crippen LogP contribution in [0.1, 0.15) is 33.7 Å². The Kier molecular flexibility index (Phi) is 10.3. The second-order valence-electron chi connectivity index (χ2n) is 10.4. The van der Waals surface area contributed by atoms with Gasteiger partial charge in [0.1, 0.15) is 19.0 Å². The Hall–Kier alpha value is -4.17. The number of ether oxygens (including phenoxy) is 5. The normalized spacial score (nSPS) is 12.8. The first-order valence-corrected chi connectivity index (χ1v) is 14.9. The molecule has 0 bridgehead atoms. The Balaban J connectivity index is 1.23. The number of carbonyl (C=O) groups is 1. The van der Waals surface area contributed by atoms with Crippen molar-refractivity contribution in [2.24, 2.45) is 5.73 Å². The van der Waals surface area contributed by atoms with Gasteiger partial charge in [-0.2, -0.15) is 0 Å². The van der Waals surface area contributed by atoms with Crippen molar-refractivity contribution in [1.82, 2.24) is 0 Å². The van der Waals surface area contributed by atoms with Gasteiger partial charge in [0, 0.05) is 5.92 Å². The SMILES string of the molecule is Cc1cc(Cl)c(OCCOc2ccc(CC(CN)c3ccc(-c4cc5c(cc4C=COC=O)OCO5)cc3C)cc2)c(Cl)c1. The van der Waals surface area contributed by atoms with Crippen LogP contribution in [0, 0.1) is 13.8 Å². The van der Waals surface area contributed by atoms with Crippen LogP contribution in [-0.4, -0.2) is 33.0 Å². The van der Waals surface area contributed by atoms with E-state index in [-0.39, 0.29) is 12.7 Å². The van der Waals surface area contributed by atoms with Crippen LogP contribution in [0.15, 0.2) is 73.0 Å².